The number of ketones is 1. The van der Waals surface area contributed by atoms with Crippen LogP contribution >= 0.6 is 0 Å². The number of carbonyl (C=O) groups is 1. The van der Waals surface area contributed by atoms with Gasteiger partial charge in [0.25, 0.3) is 0 Å². The summed E-state index contributed by atoms with van der Waals surface area (Å²) in [7, 11) is 0. The Labute approximate surface area is 87.3 Å². The molecule has 0 aromatic heterocycles. The van der Waals surface area contributed by atoms with Gasteiger partial charge in [0.2, 0.25) is 0 Å². The van der Waals surface area contributed by atoms with Crippen LogP contribution in [0.4, 0.5) is 0 Å². The van der Waals surface area contributed by atoms with Crippen molar-refractivity contribution in [1.82, 2.24) is 0 Å². The standard InChI is InChI=1S/C13H22O/c1-3-5-10-7-8-11-12(14)6-4-9-13(10,11)2/h10-11H,3-9H2,1-2H3/t10-,11-,13?/m0/s1. The number of hydrogen-bond donors (Lipinski definition) is 0. The predicted molar refractivity (Wildman–Crippen MR) is 58.1 cm³/mol. The summed E-state index contributed by atoms with van der Waals surface area (Å²) < 4.78 is 0. The van der Waals surface area contributed by atoms with Gasteiger partial charge >= 0.3 is 0 Å². The molecule has 3 atom stereocenters. The summed E-state index contributed by atoms with van der Waals surface area (Å²) in [5.41, 5.74) is 0.380. The van der Waals surface area contributed by atoms with E-state index >= 15 is 0 Å². The molecular weight excluding hydrogens is 172 g/mol. The molecule has 14 heavy (non-hydrogen) atoms. The summed E-state index contributed by atoms with van der Waals surface area (Å²) in [6.07, 6.45) is 8.40. The Hall–Kier alpha value is -0.330. The molecule has 80 valence electrons. The highest BCUT2D eigenvalue weighted by molar-refractivity contribution is 5.83. The summed E-state index contributed by atoms with van der Waals surface area (Å²) in [5, 5.41) is 0. The molecule has 0 spiro atoms. The van der Waals surface area contributed by atoms with Crippen LogP contribution in [0.2, 0.25) is 0 Å². The summed E-state index contributed by atoms with van der Waals surface area (Å²) in [5.74, 6) is 1.83. The van der Waals surface area contributed by atoms with E-state index in [0.29, 0.717) is 17.1 Å². The van der Waals surface area contributed by atoms with Crippen molar-refractivity contribution >= 4 is 5.78 Å². The second-order valence-corrected chi connectivity index (χ2v) is 5.44. The fourth-order valence-electron chi connectivity index (χ4n) is 3.86. The van der Waals surface area contributed by atoms with E-state index in [1.807, 2.05) is 0 Å². The number of carbonyl (C=O) groups excluding carboxylic acids is 1. The van der Waals surface area contributed by atoms with Crippen molar-refractivity contribution in [1.29, 1.82) is 0 Å². The molecule has 0 aromatic rings. The zero-order chi connectivity index (χ0) is 10.2. The SMILES string of the molecule is CCC[C@H]1CC[C@H]2C(=O)CCCC12C. The molecule has 0 aromatic carbocycles. The molecule has 1 nitrogen and oxygen atoms in total. The average molecular weight is 194 g/mol. The lowest BCUT2D eigenvalue weighted by Crippen LogP contribution is -2.37. The van der Waals surface area contributed by atoms with Gasteiger partial charge < -0.3 is 0 Å². The summed E-state index contributed by atoms with van der Waals surface area (Å²) in [4.78, 5) is 11.8. The van der Waals surface area contributed by atoms with Crippen LogP contribution in [0.15, 0.2) is 0 Å². The fraction of sp³-hybridized carbons (Fsp3) is 0.923. The zero-order valence-corrected chi connectivity index (χ0v) is 9.51. The van der Waals surface area contributed by atoms with Crippen LogP contribution in [0.1, 0.15) is 58.8 Å². The molecule has 2 saturated carbocycles. The minimum Gasteiger partial charge on any atom is -0.299 e. The van der Waals surface area contributed by atoms with Gasteiger partial charge in [-0.25, -0.2) is 0 Å². The molecule has 0 N–H and O–H groups in total. The lowest BCUT2D eigenvalue weighted by molar-refractivity contribution is -0.129. The van der Waals surface area contributed by atoms with E-state index in [2.05, 4.69) is 13.8 Å². The smallest absolute Gasteiger partial charge is 0.136 e. The van der Waals surface area contributed by atoms with Crippen molar-refractivity contribution in [2.24, 2.45) is 17.3 Å². The fourth-order valence-corrected chi connectivity index (χ4v) is 3.86. The monoisotopic (exact) mass is 194 g/mol. The van der Waals surface area contributed by atoms with Crippen LogP contribution in [-0.2, 0) is 4.79 Å². The normalized spacial score (nSPS) is 42.6. The number of Topliss-reactive ketones (excluding diaryl/α,β-unsaturated/α-hetero) is 1. The molecule has 0 amide bonds. The van der Waals surface area contributed by atoms with Gasteiger partial charge in [0, 0.05) is 12.3 Å². The van der Waals surface area contributed by atoms with Crippen molar-refractivity contribution in [3.63, 3.8) is 0 Å². The van der Waals surface area contributed by atoms with Gasteiger partial charge in [-0.1, -0.05) is 26.7 Å². The van der Waals surface area contributed by atoms with Gasteiger partial charge in [-0.3, -0.25) is 4.79 Å². The van der Waals surface area contributed by atoms with Gasteiger partial charge in [0.1, 0.15) is 5.78 Å². The number of rotatable bonds is 2. The maximum absolute atomic E-state index is 11.8. The maximum atomic E-state index is 11.8. The van der Waals surface area contributed by atoms with Crippen LogP contribution in [0.3, 0.4) is 0 Å². The first kappa shape index (κ1) is 10.2. The third-order valence-electron chi connectivity index (χ3n) is 4.70. The van der Waals surface area contributed by atoms with E-state index in [0.717, 1.165) is 18.8 Å². The van der Waals surface area contributed by atoms with Gasteiger partial charge in [0.15, 0.2) is 0 Å². The molecule has 0 radical (unpaired) electrons. The molecular formula is C13H22O. The molecule has 2 aliphatic carbocycles. The van der Waals surface area contributed by atoms with E-state index in [9.17, 15) is 4.79 Å². The zero-order valence-electron chi connectivity index (χ0n) is 9.51. The van der Waals surface area contributed by atoms with Gasteiger partial charge in [-0.05, 0) is 37.0 Å². The maximum Gasteiger partial charge on any atom is 0.136 e. The lowest BCUT2D eigenvalue weighted by Gasteiger charge is -2.39. The van der Waals surface area contributed by atoms with E-state index in [1.54, 1.807) is 0 Å². The first-order valence-electron chi connectivity index (χ1n) is 6.21. The molecule has 2 fully saturated rings. The second kappa shape index (κ2) is 3.67. The number of fused-ring (bicyclic) bond motifs is 1. The van der Waals surface area contributed by atoms with Gasteiger partial charge in [-0.2, -0.15) is 0 Å². The highest BCUT2D eigenvalue weighted by atomic mass is 16.1. The van der Waals surface area contributed by atoms with Crippen molar-refractivity contribution in [3.05, 3.63) is 0 Å². The molecule has 1 heteroatoms. The van der Waals surface area contributed by atoms with Gasteiger partial charge in [-0.15, -0.1) is 0 Å². The third kappa shape index (κ3) is 1.41. The van der Waals surface area contributed by atoms with Gasteiger partial charge in [0.05, 0.1) is 0 Å². The Morgan fingerprint density at radius 3 is 2.93 bits per heavy atom. The van der Waals surface area contributed by atoms with E-state index in [1.165, 1.54) is 32.1 Å². The molecule has 1 unspecified atom stereocenters. The molecule has 0 saturated heterocycles. The van der Waals surface area contributed by atoms with Crippen molar-refractivity contribution in [2.45, 2.75) is 58.8 Å². The Bertz CT molecular complexity index is 233. The highest BCUT2D eigenvalue weighted by Gasteiger charge is 2.50. The minimum absolute atomic E-state index is 0.380. The Balaban J connectivity index is 2.16. The van der Waals surface area contributed by atoms with E-state index in [4.69, 9.17) is 0 Å². The second-order valence-electron chi connectivity index (χ2n) is 5.44. The molecule has 0 heterocycles. The summed E-state index contributed by atoms with van der Waals surface area (Å²) in [6.45, 7) is 4.64. The van der Waals surface area contributed by atoms with Crippen molar-refractivity contribution in [3.8, 4) is 0 Å². The minimum atomic E-state index is 0.380. The topological polar surface area (TPSA) is 17.1 Å². The number of hydrogen-bond acceptors (Lipinski definition) is 1. The molecule has 2 aliphatic rings. The van der Waals surface area contributed by atoms with Crippen LogP contribution in [0, 0.1) is 17.3 Å². The van der Waals surface area contributed by atoms with Crippen LogP contribution in [0.25, 0.3) is 0 Å². The van der Waals surface area contributed by atoms with E-state index in [-0.39, 0.29) is 0 Å². The summed E-state index contributed by atoms with van der Waals surface area (Å²) in [6, 6.07) is 0. The predicted octanol–water partition coefficient (Wildman–Crippen LogP) is 3.57. The van der Waals surface area contributed by atoms with Crippen LogP contribution in [0.5, 0.6) is 0 Å². The molecule has 0 aliphatic heterocycles. The quantitative estimate of drug-likeness (QED) is 0.656. The Morgan fingerprint density at radius 1 is 1.43 bits per heavy atom. The largest absolute Gasteiger partial charge is 0.299 e. The molecule has 0 bridgehead atoms. The van der Waals surface area contributed by atoms with Crippen LogP contribution in [-0.4, -0.2) is 5.78 Å². The first-order valence-corrected chi connectivity index (χ1v) is 6.21. The lowest BCUT2D eigenvalue weighted by atomic mass is 9.64. The van der Waals surface area contributed by atoms with Crippen LogP contribution < -0.4 is 0 Å². The Kier molecular flexibility index (Phi) is 2.68. The Morgan fingerprint density at radius 2 is 2.21 bits per heavy atom. The van der Waals surface area contributed by atoms with Crippen molar-refractivity contribution < 1.29 is 4.79 Å². The van der Waals surface area contributed by atoms with Crippen molar-refractivity contribution in [2.75, 3.05) is 0 Å². The summed E-state index contributed by atoms with van der Waals surface area (Å²) >= 11 is 0. The third-order valence-corrected chi connectivity index (χ3v) is 4.70. The van der Waals surface area contributed by atoms with E-state index < -0.39 is 0 Å². The average Bonchev–Trinajstić information content (AvgIpc) is 2.46. The highest BCUT2D eigenvalue weighted by Crippen LogP contribution is 2.55. The first-order chi connectivity index (χ1) is 6.68. The molecule has 2 rings (SSSR count).